The lowest BCUT2D eigenvalue weighted by molar-refractivity contribution is 0.102. The lowest BCUT2D eigenvalue weighted by Crippen LogP contribution is -2.14. The molecule has 5 nitrogen and oxygen atoms in total. The van der Waals surface area contributed by atoms with Gasteiger partial charge in [0.25, 0.3) is 5.91 Å². The molecule has 5 rings (SSSR count). The smallest absolute Gasteiger partial charge is 0.255 e. The number of nitrogens with one attached hydrogen (secondary N) is 1. The number of carbonyl (C=O) groups is 1. The maximum Gasteiger partial charge on any atom is 0.255 e. The van der Waals surface area contributed by atoms with Crippen LogP contribution in [0.25, 0.3) is 22.4 Å². The third-order valence-electron chi connectivity index (χ3n) is 6.27. The summed E-state index contributed by atoms with van der Waals surface area (Å²) in [6, 6.07) is 23.8. The first-order chi connectivity index (χ1) is 15.7. The van der Waals surface area contributed by atoms with Crippen molar-refractivity contribution in [3.05, 3.63) is 78.4 Å². The van der Waals surface area contributed by atoms with Crippen molar-refractivity contribution in [2.24, 2.45) is 0 Å². The Morgan fingerprint density at radius 3 is 2.50 bits per heavy atom. The Balaban J connectivity index is 1.60. The number of ether oxygens (including phenoxy) is 1. The number of methoxy groups -OCH3 is 1. The van der Waals surface area contributed by atoms with E-state index in [0.29, 0.717) is 11.6 Å². The maximum absolute atomic E-state index is 12.9. The van der Waals surface area contributed by atoms with Gasteiger partial charge in [-0.25, -0.2) is 4.98 Å². The summed E-state index contributed by atoms with van der Waals surface area (Å²) in [7, 11) is 1.69. The molecule has 1 fully saturated rings. The number of anilines is 1. The van der Waals surface area contributed by atoms with Gasteiger partial charge in [0.1, 0.15) is 11.6 Å². The van der Waals surface area contributed by atoms with Crippen molar-refractivity contribution in [3.63, 3.8) is 0 Å². The van der Waals surface area contributed by atoms with Gasteiger partial charge in [-0.05, 0) is 55.3 Å². The van der Waals surface area contributed by atoms with Gasteiger partial charge in [0.15, 0.2) is 0 Å². The van der Waals surface area contributed by atoms with Gasteiger partial charge < -0.3 is 14.6 Å². The standard InChI is InChI=1S/C27H27N3O2/c1-32-25-15-9-8-14-22(25)26-29-23-18-19(27(31)28-20-10-4-2-5-11-20)16-17-24(23)30(26)21-12-6-3-7-13-21/h2,4-5,8-11,14-18,21H,3,6-7,12-13H2,1H3,(H,28,31). The summed E-state index contributed by atoms with van der Waals surface area (Å²) in [4.78, 5) is 17.9. The van der Waals surface area contributed by atoms with E-state index in [1.165, 1.54) is 19.3 Å². The van der Waals surface area contributed by atoms with Crippen molar-refractivity contribution >= 4 is 22.6 Å². The highest BCUT2D eigenvalue weighted by Gasteiger charge is 2.24. The molecule has 0 unspecified atom stereocenters. The molecule has 4 aromatic rings. The minimum Gasteiger partial charge on any atom is -0.496 e. The summed E-state index contributed by atoms with van der Waals surface area (Å²) < 4.78 is 8.02. The second kappa shape index (κ2) is 8.87. The number of imidazole rings is 1. The molecule has 0 bridgehead atoms. The van der Waals surface area contributed by atoms with Crippen LogP contribution in [0.4, 0.5) is 5.69 Å². The average Bonchev–Trinajstić information content (AvgIpc) is 3.23. The van der Waals surface area contributed by atoms with Crippen molar-refractivity contribution in [1.82, 2.24) is 9.55 Å². The Morgan fingerprint density at radius 1 is 0.969 bits per heavy atom. The van der Waals surface area contributed by atoms with Crippen LogP contribution < -0.4 is 10.1 Å². The molecule has 1 heterocycles. The molecular weight excluding hydrogens is 398 g/mol. The number of amides is 1. The van der Waals surface area contributed by atoms with Crippen molar-refractivity contribution < 1.29 is 9.53 Å². The van der Waals surface area contributed by atoms with E-state index in [1.54, 1.807) is 7.11 Å². The van der Waals surface area contributed by atoms with Gasteiger partial charge in [-0.2, -0.15) is 0 Å². The Labute approximate surface area is 188 Å². The molecule has 1 aliphatic rings. The molecule has 0 radical (unpaired) electrons. The summed E-state index contributed by atoms with van der Waals surface area (Å²) >= 11 is 0. The van der Waals surface area contributed by atoms with Crippen LogP contribution in [-0.4, -0.2) is 22.6 Å². The minimum absolute atomic E-state index is 0.135. The molecule has 0 saturated heterocycles. The summed E-state index contributed by atoms with van der Waals surface area (Å²) in [5, 5.41) is 2.96. The van der Waals surface area contributed by atoms with Gasteiger partial charge in [0, 0.05) is 17.3 Å². The number of hydrogen-bond acceptors (Lipinski definition) is 3. The third-order valence-corrected chi connectivity index (χ3v) is 6.27. The molecule has 1 saturated carbocycles. The van der Waals surface area contributed by atoms with Crippen LogP contribution in [0.2, 0.25) is 0 Å². The van der Waals surface area contributed by atoms with Crippen molar-refractivity contribution in [2.75, 3.05) is 12.4 Å². The number of aromatic nitrogens is 2. The molecular formula is C27H27N3O2. The molecule has 5 heteroatoms. The van der Waals surface area contributed by atoms with E-state index in [4.69, 9.17) is 9.72 Å². The summed E-state index contributed by atoms with van der Waals surface area (Å²) in [5.41, 5.74) is 4.25. The number of benzene rings is 3. The number of carbonyl (C=O) groups excluding carboxylic acids is 1. The molecule has 3 aromatic carbocycles. The fourth-order valence-electron chi connectivity index (χ4n) is 4.69. The van der Waals surface area contributed by atoms with E-state index in [-0.39, 0.29) is 5.91 Å². The highest BCUT2D eigenvalue weighted by atomic mass is 16.5. The zero-order valence-electron chi connectivity index (χ0n) is 18.3. The summed E-state index contributed by atoms with van der Waals surface area (Å²) in [5.74, 6) is 1.58. The second-order valence-electron chi connectivity index (χ2n) is 8.32. The van der Waals surface area contributed by atoms with E-state index in [2.05, 4.69) is 16.0 Å². The molecule has 0 spiro atoms. The Kier molecular flexibility index (Phi) is 5.63. The van der Waals surface area contributed by atoms with Gasteiger partial charge in [-0.15, -0.1) is 0 Å². The fraction of sp³-hybridized carbons (Fsp3) is 0.259. The number of para-hydroxylation sites is 2. The SMILES string of the molecule is COc1ccccc1-c1nc2cc(C(=O)Nc3ccccc3)ccc2n1C1CCCCC1. The van der Waals surface area contributed by atoms with Crippen molar-refractivity contribution in [3.8, 4) is 17.1 Å². The van der Waals surface area contributed by atoms with E-state index in [1.807, 2.05) is 66.7 Å². The van der Waals surface area contributed by atoms with Crippen LogP contribution in [0.3, 0.4) is 0 Å². The zero-order chi connectivity index (χ0) is 21.9. The van der Waals surface area contributed by atoms with Gasteiger partial charge in [0.05, 0.1) is 23.7 Å². The normalized spacial score (nSPS) is 14.4. The van der Waals surface area contributed by atoms with Gasteiger partial charge >= 0.3 is 0 Å². The molecule has 162 valence electrons. The minimum atomic E-state index is -0.135. The van der Waals surface area contributed by atoms with Crippen LogP contribution in [-0.2, 0) is 0 Å². The maximum atomic E-state index is 12.9. The first kappa shape index (κ1) is 20.3. The lowest BCUT2D eigenvalue weighted by atomic mass is 9.94. The third kappa shape index (κ3) is 3.86. The van der Waals surface area contributed by atoms with Crippen molar-refractivity contribution in [1.29, 1.82) is 0 Å². The molecule has 0 aliphatic heterocycles. The van der Waals surface area contributed by atoms with E-state index in [9.17, 15) is 4.79 Å². The molecule has 1 amide bonds. The van der Waals surface area contributed by atoms with Gasteiger partial charge in [-0.3, -0.25) is 4.79 Å². The topological polar surface area (TPSA) is 56.1 Å². The van der Waals surface area contributed by atoms with Crippen LogP contribution in [0.1, 0.15) is 48.5 Å². The number of nitrogens with zero attached hydrogens (tertiary/aromatic N) is 2. The second-order valence-corrected chi connectivity index (χ2v) is 8.32. The lowest BCUT2D eigenvalue weighted by Gasteiger charge is -2.26. The Bertz CT molecular complexity index is 1240. The summed E-state index contributed by atoms with van der Waals surface area (Å²) in [6.45, 7) is 0. The van der Waals surface area contributed by atoms with E-state index in [0.717, 1.165) is 46.7 Å². The monoisotopic (exact) mass is 425 g/mol. The van der Waals surface area contributed by atoms with Crippen LogP contribution in [0.15, 0.2) is 72.8 Å². The van der Waals surface area contributed by atoms with E-state index >= 15 is 0 Å². The van der Waals surface area contributed by atoms with Crippen LogP contribution in [0, 0.1) is 0 Å². The van der Waals surface area contributed by atoms with Gasteiger partial charge in [0.2, 0.25) is 0 Å². The van der Waals surface area contributed by atoms with Gasteiger partial charge in [-0.1, -0.05) is 49.6 Å². The summed E-state index contributed by atoms with van der Waals surface area (Å²) in [6.07, 6.45) is 6.03. The molecule has 1 aliphatic carbocycles. The van der Waals surface area contributed by atoms with E-state index < -0.39 is 0 Å². The Hall–Kier alpha value is -3.60. The van der Waals surface area contributed by atoms with Crippen molar-refractivity contribution in [2.45, 2.75) is 38.1 Å². The Morgan fingerprint density at radius 2 is 1.72 bits per heavy atom. The molecule has 0 atom stereocenters. The molecule has 1 aromatic heterocycles. The molecule has 32 heavy (non-hydrogen) atoms. The number of hydrogen-bond donors (Lipinski definition) is 1. The highest BCUT2D eigenvalue weighted by Crippen LogP contribution is 2.38. The average molecular weight is 426 g/mol. The zero-order valence-corrected chi connectivity index (χ0v) is 18.3. The predicted octanol–water partition coefficient (Wildman–Crippen LogP) is 6.47. The number of rotatable bonds is 5. The van der Waals surface area contributed by atoms with Crippen LogP contribution >= 0.6 is 0 Å². The predicted molar refractivity (Wildman–Crippen MR) is 128 cm³/mol. The molecule has 1 N–H and O–H groups in total. The fourth-order valence-corrected chi connectivity index (χ4v) is 4.69. The highest BCUT2D eigenvalue weighted by molar-refractivity contribution is 6.06. The first-order valence-electron chi connectivity index (χ1n) is 11.3. The largest absolute Gasteiger partial charge is 0.496 e. The quantitative estimate of drug-likeness (QED) is 0.399. The van der Waals surface area contributed by atoms with Crippen LogP contribution in [0.5, 0.6) is 5.75 Å². The first-order valence-corrected chi connectivity index (χ1v) is 11.3. The number of fused-ring (bicyclic) bond motifs is 1.